The maximum Gasteiger partial charge on any atom is 0.326 e. The summed E-state index contributed by atoms with van der Waals surface area (Å²) in [6.07, 6.45) is 2.35. The Bertz CT molecular complexity index is 571. The molecule has 1 fully saturated rings. The van der Waals surface area contributed by atoms with E-state index in [1.165, 1.54) is 44.2 Å². The second kappa shape index (κ2) is 9.34. The Kier molecular flexibility index (Phi) is 7.16. The van der Waals surface area contributed by atoms with Gasteiger partial charge in [0, 0.05) is 12.0 Å². The summed E-state index contributed by atoms with van der Waals surface area (Å²) in [4.78, 5) is 22.9. The summed E-state index contributed by atoms with van der Waals surface area (Å²) < 4.78 is 30.4. The van der Waals surface area contributed by atoms with Crippen LogP contribution in [0.2, 0.25) is 0 Å². The Labute approximate surface area is 145 Å². The van der Waals surface area contributed by atoms with E-state index < -0.39 is 30.8 Å². The number of carbonyl (C=O) groups excluding carboxylic acids is 1. The highest BCUT2D eigenvalue weighted by Gasteiger charge is 2.24. The largest absolute Gasteiger partial charge is 0.493 e. The zero-order valence-corrected chi connectivity index (χ0v) is 13.9. The van der Waals surface area contributed by atoms with Gasteiger partial charge in [-0.3, -0.25) is 4.79 Å². The third-order valence-electron chi connectivity index (χ3n) is 4.34. The molecule has 0 saturated heterocycles. The summed E-state index contributed by atoms with van der Waals surface area (Å²) >= 11 is 0. The van der Waals surface area contributed by atoms with Crippen molar-refractivity contribution in [3.05, 3.63) is 29.8 Å². The molecule has 2 rings (SSSR count). The zero-order valence-electron chi connectivity index (χ0n) is 13.9. The van der Waals surface area contributed by atoms with Gasteiger partial charge in [-0.25, -0.2) is 13.6 Å². The molecular formula is C18H23F2NO4. The summed E-state index contributed by atoms with van der Waals surface area (Å²) in [5.41, 5.74) is 0.200. The fourth-order valence-electron chi connectivity index (χ4n) is 2.91. The van der Waals surface area contributed by atoms with Gasteiger partial charge in [0.25, 0.3) is 5.91 Å². The molecule has 1 aromatic rings. The third-order valence-corrected chi connectivity index (χ3v) is 4.34. The molecule has 0 heterocycles. The Balaban J connectivity index is 1.87. The molecule has 1 aliphatic carbocycles. The summed E-state index contributed by atoms with van der Waals surface area (Å²) in [6, 6.07) is 4.62. The van der Waals surface area contributed by atoms with Gasteiger partial charge >= 0.3 is 5.97 Å². The van der Waals surface area contributed by atoms with Crippen molar-refractivity contribution in [3.63, 3.8) is 0 Å². The van der Waals surface area contributed by atoms with Gasteiger partial charge < -0.3 is 15.2 Å². The average molecular weight is 355 g/mol. The first-order valence-electron chi connectivity index (χ1n) is 8.50. The molecular weight excluding hydrogens is 332 g/mol. The van der Waals surface area contributed by atoms with E-state index in [4.69, 9.17) is 9.84 Å². The van der Waals surface area contributed by atoms with Crippen LogP contribution in [-0.4, -0.2) is 36.1 Å². The van der Waals surface area contributed by atoms with Crippen molar-refractivity contribution in [1.29, 1.82) is 0 Å². The number of carboxylic acid groups (broad SMARTS) is 1. The van der Waals surface area contributed by atoms with E-state index in [2.05, 4.69) is 5.32 Å². The molecule has 1 unspecified atom stereocenters. The monoisotopic (exact) mass is 355 g/mol. The lowest BCUT2D eigenvalue weighted by atomic mass is 9.90. The fraction of sp³-hybridized carbons (Fsp3) is 0.556. The number of halogens is 2. The van der Waals surface area contributed by atoms with E-state index in [-0.39, 0.29) is 5.56 Å². The van der Waals surface area contributed by atoms with Crippen LogP contribution in [0.3, 0.4) is 0 Å². The highest BCUT2D eigenvalue weighted by Crippen LogP contribution is 2.24. The summed E-state index contributed by atoms with van der Waals surface area (Å²) in [7, 11) is 0. The Morgan fingerprint density at radius 1 is 1.16 bits per heavy atom. The lowest BCUT2D eigenvalue weighted by Crippen LogP contribution is -2.42. The van der Waals surface area contributed by atoms with Crippen molar-refractivity contribution in [3.8, 4) is 5.75 Å². The molecule has 7 heteroatoms. The highest BCUT2D eigenvalue weighted by atomic mass is 19.3. The maximum absolute atomic E-state index is 12.4. The van der Waals surface area contributed by atoms with Crippen LogP contribution < -0.4 is 10.1 Å². The number of carboxylic acids is 1. The van der Waals surface area contributed by atoms with E-state index in [1.54, 1.807) is 12.1 Å². The molecule has 1 saturated carbocycles. The van der Waals surface area contributed by atoms with Gasteiger partial charge in [-0.05, 0) is 43.0 Å². The van der Waals surface area contributed by atoms with E-state index in [0.717, 1.165) is 0 Å². The van der Waals surface area contributed by atoms with Crippen LogP contribution >= 0.6 is 0 Å². The van der Waals surface area contributed by atoms with E-state index in [9.17, 15) is 18.4 Å². The Morgan fingerprint density at radius 2 is 1.80 bits per heavy atom. The first-order chi connectivity index (χ1) is 12.0. The van der Waals surface area contributed by atoms with Crippen LogP contribution in [-0.2, 0) is 4.79 Å². The van der Waals surface area contributed by atoms with Crippen LogP contribution in [0, 0.1) is 5.92 Å². The molecule has 1 aromatic carbocycles. The number of hydrogen-bond acceptors (Lipinski definition) is 3. The van der Waals surface area contributed by atoms with Gasteiger partial charge in [-0.15, -0.1) is 0 Å². The Hall–Kier alpha value is -2.18. The quantitative estimate of drug-likeness (QED) is 0.748. The molecule has 1 amide bonds. The normalized spacial score (nSPS) is 16.4. The fourth-order valence-corrected chi connectivity index (χ4v) is 2.91. The van der Waals surface area contributed by atoms with Crippen molar-refractivity contribution in [1.82, 2.24) is 5.32 Å². The molecule has 0 aliphatic heterocycles. The number of rotatable bonds is 8. The van der Waals surface area contributed by atoms with Crippen molar-refractivity contribution in [2.75, 3.05) is 6.61 Å². The van der Waals surface area contributed by atoms with Gasteiger partial charge in [0.05, 0.1) is 6.61 Å². The molecule has 0 radical (unpaired) electrons. The topological polar surface area (TPSA) is 75.6 Å². The number of aliphatic carboxylic acids is 1. The first kappa shape index (κ1) is 19.1. The van der Waals surface area contributed by atoms with E-state index in [1.807, 2.05) is 0 Å². The van der Waals surface area contributed by atoms with Crippen LogP contribution in [0.4, 0.5) is 8.78 Å². The van der Waals surface area contributed by atoms with Crippen molar-refractivity contribution >= 4 is 11.9 Å². The smallest absolute Gasteiger partial charge is 0.326 e. The number of hydrogen-bond donors (Lipinski definition) is 2. The molecule has 5 nitrogen and oxygen atoms in total. The molecule has 138 valence electrons. The number of nitrogens with one attached hydrogen (secondary N) is 1. The molecule has 2 N–H and O–H groups in total. The number of carbonyl (C=O) groups is 2. The van der Waals surface area contributed by atoms with Gasteiger partial charge in [-0.1, -0.05) is 19.3 Å². The molecule has 1 aliphatic rings. The minimum Gasteiger partial charge on any atom is -0.493 e. The predicted octanol–water partition coefficient (Wildman–Crippen LogP) is 3.48. The molecule has 1 atom stereocenters. The maximum atomic E-state index is 12.4. The lowest BCUT2D eigenvalue weighted by molar-refractivity contribution is -0.140. The Morgan fingerprint density at radius 3 is 2.36 bits per heavy atom. The second-order valence-corrected chi connectivity index (χ2v) is 6.33. The summed E-state index contributed by atoms with van der Waals surface area (Å²) in [6.45, 7) is 0.640. The number of alkyl halides is 2. The minimum atomic E-state index is -2.81. The lowest BCUT2D eigenvalue weighted by Gasteiger charge is -2.21. The van der Waals surface area contributed by atoms with Gasteiger partial charge in [0.2, 0.25) is 6.43 Å². The first-order valence-corrected chi connectivity index (χ1v) is 8.50. The van der Waals surface area contributed by atoms with E-state index >= 15 is 0 Å². The molecule has 0 bridgehead atoms. The third kappa shape index (κ3) is 6.32. The van der Waals surface area contributed by atoms with Crippen molar-refractivity contribution in [2.45, 2.75) is 51.0 Å². The van der Waals surface area contributed by atoms with Crippen LogP contribution in [0.15, 0.2) is 24.3 Å². The number of ether oxygens (including phenoxy) is 1. The average Bonchev–Trinajstić information content (AvgIpc) is 2.60. The standard InChI is InChI=1S/C18H23F2NO4/c19-16(20)10-15(18(23)24)21-17(22)13-6-8-14(9-7-13)25-11-12-4-2-1-3-5-12/h6-9,12,15-16H,1-5,10-11H2,(H,21,22)(H,23,24). The summed E-state index contributed by atoms with van der Waals surface area (Å²) in [5, 5.41) is 11.0. The van der Waals surface area contributed by atoms with Crippen LogP contribution in [0.25, 0.3) is 0 Å². The second-order valence-electron chi connectivity index (χ2n) is 6.33. The van der Waals surface area contributed by atoms with Gasteiger partial charge in [-0.2, -0.15) is 0 Å². The van der Waals surface area contributed by atoms with E-state index in [0.29, 0.717) is 18.3 Å². The highest BCUT2D eigenvalue weighted by molar-refractivity contribution is 5.96. The predicted molar refractivity (Wildman–Crippen MR) is 88.0 cm³/mol. The molecule has 0 spiro atoms. The zero-order chi connectivity index (χ0) is 18.2. The SMILES string of the molecule is O=C(NC(CC(F)F)C(=O)O)c1ccc(OCC2CCCCC2)cc1. The van der Waals surface area contributed by atoms with Crippen LogP contribution in [0.5, 0.6) is 5.75 Å². The van der Waals surface area contributed by atoms with Crippen LogP contribution in [0.1, 0.15) is 48.9 Å². The number of amides is 1. The summed E-state index contributed by atoms with van der Waals surface area (Å²) in [5.74, 6) is -1.00. The molecule has 25 heavy (non-hydrogen) atoms. The number of benzene rings is 1. The minimum absolute atomic E-state index is 0.200. The van der Waals surface area contributed by atoms with Gasteiger partial charge in [0.1, 0.15) is 11.8 Å². The van der Waals surface area contributed by atoms with Crippen molar-refractivity contribution in [2.24, 2.45) is 5.92 Å². The molecule has 0 aromatic heterocycles. The van der Waals surface area contributed by atoms with Gasteiger partial charge in [0.15, 0.2) is 0 Å². The van der Waals surface area contributed by atoms with Crippen molar-refractivity contribution < 1.29 is 28.2 Å².